The number of nitrogens with zero attached hydrogens (tertiary/aromatic N) is 2. The molecule has 0 radical (unpaired) electrons. The van der Waals surface area contributed by atoms with Crippen molar-refractivity contribution < 1.29 is 14.3 Å². The fraction of sp³-hybridized carbons (Fsp3) is 0.360. The molecule has 160 valence electrons. The predicted octanol–water partition coefficient (Wildman–Crippen LogP) is 6.05. The number of aliphatic carboxylic acids is 1. The maximum Gasteiger partial charge on any atom is 0.303 e. The normalized spacial score (nSPS) is 18.7. The number of fused-ring (bicyclic) bond motifs is 2. The third kappa shape index (κ3) is 3.21. The second-order valence-corrected chi connectivity index (χ2v) is 9.18. The lowest BCUT2D eigenvalue weighted by Crippen LogP contribution is -2.25. The van der Waals surface area contributed by atoms with Crippen LogP contribution in [-0.4, -0.2) is 25.8 Å². The van der Waals surface area contributed by atoms with E-state index in [4.69, 9.17) is 0 Å². The highest BCUT2D eigenvalue weighted by atomic mass is 19.1. The molecule has 0 saturated heterocycles. The summed E-state index contributed by atoms with van der Waals surface area (Å²) < 4.78 is 16.3. The summed E-state index contributed by atoms with van der Waals surface area (Å²) in [5, 5.41) is 18.6. The van der Waals surface area contributed by atoms with E-state index in [1.165, 1.54) is 22.7 Å². The number of hydrogen-bond donors (Lipinski definition) is 2. The molecule has 2 aromatic heterocycles. The molecule has 0 aliphatic heterocycles. The van der Waals surface area contributed by atoms with Crippen molar-refractivity contribution in [2.24, 2.45) is 5.92 Å². The third-order valence-electron chi connectivity index (χ3n) is 6.66. The molecule has 0 unspecified atom stereocenters. The Balaban J connectivity index is 1.76. The Kier molecular flexibility index (Phi) is 4.61. The SMILES string of the molecule is Cc1cc(-n2c(C(C)C)c([C@H]3C[C@@H](CC(=O)O)C3)c3cc4[nH]ncc4cc32)ccc1F. The Morgan fingerprint density at radius 2 is 2.06 bits per heavy atom. The van der Waals surface area contributed by atoms with E-state index >= 15 is 0 Å². The van der Waals surface area contributed by atoms with Crippen molar-refractivity contribution in [1.29, 1.82) is 0 Å². The van der Waals surface area contributed by atoms with Gasteiger partial charge >= 0.3 is 5.97 Å². The lowest BCUT2D eigenvalue weighted by molar-refractivity contribution is -0.138. The number of carboxylic acids is 1. The molecule has 6 heteroatoms. The van der Waals surface area contributed by atoms with Crippen molar-refractivity contribution in [3.05, 3.63) is 59.2 Å². The molecule has 0 atom stereocenters. The first kappa shape index (κ1) is 19.8. The van der Waals surface area contributed by atoms with Crippen LogP contribution in [0.4, 0.5) is 4.39 Å². The number of halogens is 1. The molecule has 1 aliphatic carbocycles. The quantitative estimate of drug-likeness (QED) is 0.414. The van der Waals surface area contributed by atoms with Crippen molar-refractivity contribution in [1.82, 2.24) is 14.8 Å². The van der Waals surface area contributed by atoms with Crippen LogP contribution in [0.2, 0.25) is 0 Å². The monoisotopic (exact) mass is 419 g/mol. The Hall–Kier alpha value is -3.15. The van der Waals surface area contributed by atoms with Crippen LogP contribution in [0.5, 0.6) is 0 Å². The van der Waals surface area contributed by atoms with Gasteiger partial charge in [0.15, 0.2) is 0 Å². The lowest BCUT2D eigenvalue weighted by atomic mass is 9.69. The van der Waals surface area contributed by atoms with E-state index in [9.17, 15) is 14.3 Å². The molecule has 2 aromatic carbocycles. The van der Waals surface area contributed by atoms with Gasteiger partial charge in [-0.05, 0) is 79.0 Å². The first-order valence-corrected chi connectivity index (χ1v) is 10.8. The van der Waals surface area contributed by atoms with Crippen LogP contribution in [0.3, 0.4) is 0 Å². The molecule has 2 heterocycles. The highest BCUT2D eigenvalue weighted by molar-refractivity contribution is 5.99. The molecule has 31 heavy (non-hydrogen) atoms. The number of H-pyrrole nitrogens is 1. The van der Waals surface area contributed by atoms with Gasteiger partial charge in [0.25, 0.3) is 0 Å². The molecule has 0 spiro atoms. The van der Waals surface area contributed by atoms with Crippen molar-refractivity contribution in [3.8, 4) is 5.69 Å². The number of carboxylic acid groups (broad SMARTS) is 1. The fourth-order valence-corrected chi connectivity index (χ4v) is 5.20. The average molecular weight is 420 g/mol. The minimum Gasteiger partial charge on any atom is -0.481 e. The number of aromatic amines is 1. The second-order valence-electron chi connectivity index (χ2n) is 9.18. The Morgan fingerprint density at radius 1 is 1.29 bits per heavy atom. The highest BCUT2D eigenvalue weighted by Gasteiger charge is 2.36. The van der Waals surface area contributed by atoms with Gasteiger partial charge in [-0.2, -0.15) is 5.10 Å². The number of benzene rings is 2. The predicted molar refractivity (Wildman–Crippen MR) is 119 cm³/mol. The standard InChI is InChI=1S/C25H26FN3O2/c1-13(2)25-24(16-7-15(8-16)9-23(30)31)19-11-21-17(12-27-28-21)10-22(19)29(25)18-4-5-20(26)14(3)6-18/h4-6,10-13,15-16H,7-9H2,1-3H3,(H,27,28)(H,30,31)/t15-,16+. The number of hydrogen-bond acceptors (Lipinski definition) is 2. The van der Waals surface area contributed by atoms with Crippen molar-refractivity contribution >= 4 is 27.8 Å². The van der Waals surface area contributed by atoms with Crippen LogP contribution in [0.1, 0.15) is 61.8 Å². The maximum atomic E-state index is 14.0. The zero-order valence-corrected chi connectivity index (χ0v) is 17.9. The maximum absolute atomic E-state index is 14.0. The summed E-state index contributed by atoms with van der Waals surface area (Å²) in [5.74, 6) is -0.129. The summed E-state index contributed by atoms with van der Waals surface area (Å²) in [6.45, 7) is 6.16. The Labute approximate surface area is 179 Å². The zero-order valence-electron chi connectivity index (χ0n) is 17.9. The molecule has 4 aromatic rings. The third-order valence-corrected chi connectivity index (χ3v) is 6.66. The summed E-state index contributed by atoms with van der Waals surface area (Å²) in [6.07, 6.45) is 3.82. The Bertz CT molecular complexity index is 1310. The van der Waals surface area contributed by atoms with Gasteiger partial charge < -0.3 is 9.67 Å². The van der Waals surface area contributed by atoms with Crippen LogP contribution < -0.4 is 0 Å². The fourth-order valence-electron chi connectivity index (χ4n) is 5.20. The summed E-state index contributed by atoms with van der Waals surface area (Å²) >= 11 is 0. The summed E-state index contributed by atoms with van der Waals surface area (Å²) in [6, 6.07) is 9.58. The van der Waals surface area contributed by atoms with E-state index in [1.807, 2.05) is 18.3 Å². The van der Waals surface area contributed by atoms with Gasteiger partial charge in [-0.1, -0.05) is 13.8 Å². The van der Waals surface area contributed by atoms with Gasteiger partial charge in [0.2, 0.25) is 0 Å². The van der Waals surface area contributed by atoms with Crippen molar-refractivity contribution in [3.63, 3.8) is 0 Å². The number of aryl methyl sites for hydroxylation is 1. The van der Waals surface area contributed by atoms with Crippen molar-refractivity contribution in [2.45, 2.75) is 51.9 Å². The first-order valence-electron chi connectivity index (χ1n) is 10.8. The largest absolute Gasteiger partial charge is 0.481 e. The smallest absolute Gasteiger partial charge is 0.303 e. The second kappa shape index (κ2) is 7.22. The molecule has 1 aliphatic rings. The first-order chi connectivity index (χ1) is 14.8. The highest BCUT2D eigenvalue weighted by Crippen LogP contribution is 2.50. The van der Waals surface area contributed by atoms with Crippen LogP contribution in [-0.2, 0) is 4.79 Å². The van der Waals surface area contributed by atoms with Crippen molar-refractivity contribution in [2.75, 3.05) is 0 Å². The molecular weight excluding hydrogens is 393 g/mol. The van der Waals surface area contributed by atoms with E-state index < -0.39 is 5.97 Å². The van der Waals surface area contributed by atoms with Gasteiger partial charge in [-0.15, -0.1) is 0 Å². The Morgan fingerprint density at radius 3 is 2.74 bits per heavy atom. The number of carbonyl (C=O) groups is 1. The zero-order chi connectivity index (χ0) is 21.9. The van der Waals surface area contributed by atoms with E-state index in [2.05, 4.69) is 40.7 Å². The van der Waals surface area contributed by atoms with E-state index in [0.29, 0.717) is 11.5 Å². The molecule has 1 fully saturated rings. The lowest BCUT2D eigenvalue weighted by Gasteiger charge is -2.36. The van der Waals surface area contributed by atoms with E-state index in [-0.39, 0.29) is 24.1 Å². The summed E-state index contributed by atoms with van der Waals surface area (Å²) in [7, 11) is 0. The van der Waals surface area contributed by atoms with Gasteiger partial charge in [-0.3, -0.25) is 9.89 Å². The minimum absolute atomic E-state index is 0.209. The molecule has 5 rings (SSSR count). The van der Waals surface area contributed by atoms with Gasteiger partial charge in [0.05, 0.1) is 17.2 Å². The number of nitrogens with one attached hydrogen (secondary N) is 1. The molecule has 0 bridgehead atoms. The summed E-state index contributed by atoms with van der Waals surface area (Å²) in [4.78, 5) is 11.2. The summed E-state index contributed by atoms with van der Waals surface area (Å²) in [5.41, 5.74) is 6.15. The molecule has 5 nitrogen and oxygen atoms in total. The van der Waals surface area contributed by atoms with Crippen LogP contribution in [0.25, 0.3) is 27.5 Å². The molecule has 2 N–H and O–H groups in total. The van der Waals surface area contributed by atoms with Crippen LogP contribution in [0.15, 0.2) is 36.5 Å². The van der Waals surface area contributed by atoms with Gasteiger partial charge in [0, 0.05) is 28.6 Å². The van der Waals surface area contributed by atoms with E-state index in [1.54, 1.807) is 6.92 Å². The number of rotatable bonds is 5. The van der Waals surface area contributed by atoms with Gasteiger partial charge in [-0.25, -0.2) is 4.39 Å². The minimum atomic E-state index is -0.726. The van der Waals surface area contributed by atoms with Gasteiger partial charge in [0.1, 0.15) is 5.82 Å². The molecule has 0 amide bonds. The molecule has 1 saturated carbocycles. The molecular formula is C25H26FN3O2. The van der Waals surface area contributed by atoms with Crippen LogP contribution >= 0.6 is 0 Å². The number of aromatic nitrogens is 3. The van der Waals surface area contributed by atoms with E-state index in [0.717, 1.165) is 34.9 Å². The van der Waals surface area contributed by atoms with Crippen LogP contribution in [0, 0.1) is 18.7 Å². The topological polar surface area (TPSA) is 70.9 Å². The average Bonchev–Trinajstić information content (AvgIpc) is 3.26.